The Morgan fingerprint density at radius 2 is 2.36 bits per heavy atom. The van der Waals surface area contributed by atoms with Crippen molar-refractivity contribution >= 4 is 0 Å². The number of nitrogens with zero attached hydrogens (tertiary/aromatic N) is 1. The van der Waals surface area contributed by atoms with Crippen LogP contribution < -0.4 is 5.32 Å². The Bertz CT molecular complexity index is 328. The third-order valence-corrected chi connectivity index (χ3v) is 5.00. The number of epoxide rings is 1. The normalized spacial score (nSPS) is 72.0. The van der Waals surface area contributed by atoms with Gasteiger partial charge >= 0.3 is 0 Å². The van der Waals surface area contributed by atoms with Gasteiger partial charge in [-0.1, -0.05) is 0 Å². The molecule has 14 heavy (non-hydrogen) atoms. The zero-order chi connectivity index (χ0) is 8.97. The summed E-state index contributed by atoms with van der Waals surface area (Å²) in [5.41, 5.74) is 0.692. The van der Waals surface area contributed by atoms with E-state index in [4.69, 9.17) is 9.47 Å². The zero-order valence-corrected chi connectivity index (χ0v) is 8.03. The van der Waals surface area contributed by atoms with E-state index in [1.54, 1.807) is 0 Å². The number of fused-ring (bicyclic) bond motifs is 2. The van der Waals surface area contributed by atoms with Crippen LogP contribution in [0.3, 0.4) is 0 Å². The fraction of sp³-hybridized carbons (Fsp3) is 1.00. The van der Waals surface area contributed by atoms with Gasteiger partial charge < -0.3 is 9.47 Å². The maximum atomic E-state index is 6.11. The Hall–Kier alpha value is -0.160. The Kier molecular flexibility index (Phi) is 0.909. The number of morpholine rings is 1. The van der Waals surface area contributed by atoms with Crippen molar-refractivity contribution < 1.29 is 9.47 Å². The van der Waals surface area contributed by atoms with Gasteiger partial charge in [-0.3, -0.25) is 10.2 Å². The molecular formula is C10H14N2O2. The molecule has 4 heterocycles. The van der Waals surface area contributed by atoms with Gasteiger partial charge in [0.15, 0.2) is 12.5 Å². The van der Waals surface area contributed by atoms with Crippen molar-refractivity contribution in [1.29, 1.82) is 0 Å². The highest BCUT2D eigenvalue weighted by atomic mass is 16.8. The fourth-order valence-corrected chi connectivity index (χ4v) is 4.06. The van der Waals surface area contributed by atoms with Crippen molar-refractivity contribution in [2.24, 2.45) is 5.92 Å². The first-order valence-corrected chi connectivity index (χ1v) is 5.64. The van der Waals surface area contributed by atoms with Crippen LogP contribution in [0.5, 0.6) is 0 Å². The molecule has 0 aromatic rings. The summed E-state index contributed by atoms with van der Waals surface area (Å²) >= 11 is 0. The molecule has 0 amide bonds. The first-order chi connectivity index (χ1) is 6.82. The molecule has 1 N–H and O–H groups in total. The van der Waals surface area contributed by atoms with Gasteiger partial charge in [-0.25, -0.2) is 0 Å². The van der Waals surface area contributed by atoms with Crippen LogP contribution >= 0.6 is 0 Å². The van der Waals surface area contributed by atoms with E-state index in [-0.39, 0.29) is 18.1 Å². The number of nitrogens with one attached hydrogen (secondary N) is 1. The Balaban J connectivity index is 1.53. The van der Waals surface area contributed by atoms with Crippen LogP contribution in [-0.2, 0) is 9.47 Å². The molecular weight excluding hydrogens is 180 g/mol. The van der Waals surface area contributed by atoms with Crippen LogP contribution in [0.15, 0.2) is 0 Å². The van der Waals surface area contributed by atoms with Gasteiger partial charge in [-0.15, -0.1) is 0 Å². The highest BCUT2D eigenvalue weighted by molar-refractivity contribution is 5.30. The van der Waals surface area contributed by atoms with Gasteiger partial charge in [0.05, 0.1) is 0 Å². The highest BCUT2D eigenvalue weighted by Gasteiger charge is 2.76. The summed E-state index contributed by atoms with van der Waals surface area (Å²) in [5, 5.41) is 3.44. The predicted octanol–water partition coefficient (Wildman–Crippen LogP) is -0.495. The molecule has 1 saturated carbocycles. The minimum Gasteiger partial charge on any atom is -0.339 e. The molecule has 76 valence electrons. The summed E-state index contributed by atoms with van der Waals surface area (Å²) in [6.45, 7) is 3.46. The maximum absolute atomic E-state index is 6.11. The second kappa shape index (κ2) is 1.78. The van der Waals surface area contributed by atoms with Crippen molar-refractivity contribution in [2.45, 2.75) is 36.5 Å². The Labute approximate surface area is 82.5 Å². The SMILES string of the molecule is C1CC23CN2CC2(CNC4OC4O2)C13. The van der Waals surface area contributed by atoms with E-state index in [0.29, 0.717) is 5.54 Å². The average molecular weight is 194 g/mol. The van der Waals surface area contributed by atoms with Crippen LogP contribution in [0, 0.1) is 5.92 Å². The number of hydrogen-bond acceptors (Lipinski definition) is 4. The quantitative estimate of drug-likeness (QED) is 0.528. The number of piperidine rings is 1. The third-order valence-electron chi connectivity index (χ3n) is 5.00. The number of hydrogen-bond donors (Lipinski definition) is 1. The Morgan fingerprint density at radius 3 is 3.07 bits per heavy atom. The number of rotatable bonds is 0. The van der Waals surface area contributed by atoms with Gasteiger partial charge in [0.2, 0.25) is 0 Å². The summed E-state index contributed by atoms with van der Waals surface area (Å²) in [5.74, 6) is 0.785. The van der Waals surface area contributed by atoms with Crippen molar-refractivity contribution in [3.63, 3.8) is 0 Å². The van der Waals surface area contributed by atoms with Crippen molar-refractivity contribution in [1.82, 2.24) is 10.2 Å². The minimum atomic E-state index is 0.0695. The maximum Gasteiger partial charge on any atom is 0.200 e. The van der Waals surface area contributed by atoms with Gasteiger partial charge in [-0.2, -0.15) is 0 Å². The second-order valence-electron chi connectivity index (χ2n) is 5.54. The average Bonchev–Trinajstić information content (AvgIpc) is 2.94. The molecule has 1 aliphatic carbocycles. The molecule has 0 aromatic heterocycles. The molecule has 4 nitrogen and oxygen atoms in total. The fourth-order valence-electron chi connectivity index (χ4n) is 4.06. The Morgan fingerprint density at radius 1 is 1.36 bits per heavy atom. The van der Waals surface area contributed by atoms with Gasteiger partial charge in [0.1, 0.15) is 5.60 Å². The standard InChI is InChI=1S/C10H14N2O2/c1-2-9-4-12(9)5-10(6(1)9)3-11-7-8(13-7)14-10/h6-8,11H,1-5H2. The van der Waals surface area contributed by atoms with Crippen molar-refractivity contribution in [3.8, 4) is 0 Å². The summed E-state index contributed by atoms with van der Waals surface area (Å²) in [7, 11) is 0. The monoisotopic (exact) mass is 194 g/mol. The van der Waals surface area contributed by atoms with Crippen molar-refractivity contribution in [2.75, 3.05) is 19.6 Å². The molecule has 5 fully saturated rings. The lowest BCUT2D eigenvalue weighted by atomic mass is 9.65. The molecule has 4 saturated heterocycles. The van der Waals surface area contributed by atoms with Crippen molar-refractivity contribution in [3.05, 3.63) is 0 Å². The predicted molar refractivity (Wildman–Crippen MR) is 47.5 cm³/mol. The topological polar surface area (TPSA) is 36.8 Å². The lowest BCUT2D eigenvalue weighted by Gasteiger charge is -2.45. The van der Waals surface area contributed by atoms with Crippen LogP contribution in [0.1, 0.15) is 12.8 Å². The first kappa shape index (κ1) is 7.17. The summed E-state index contributed by atoms with van der Waals surface area (Å²) in [6, 6.07) is 0. The van der Waals surface area contributed by atoms with Crippen LogP contribution in [0.4, 0.5) is 0 Å². The molecule has 4 heteroatoms. The summed E-state index contributed by atoms with van der Waals surface area (Å²) in [6.07, 6.45) is 3.04. The molecule has 0 aromatic carbocycles. The van der Waals surface area contributed by atoms with E-state index in [1.807, 2.05) is 0 Å². The van der Waals surface area contributed by atoms with E-state index < -0.39 is 0 Å². The third kappa shape index (κ3) is 0.583. The second-order valence-corrected chi connectivity index (χ2v) is 5.54. The number of ether oxygens (including phenoxy) is 2. The van der Waals surface area contributed by atoms with E-state index >= 15 is 0 Å². The lowest BCUT2D eigenvalue weighted by Crippen LogP contribution is -2.59. The molecule has 5 rings (SSSR count). The summed E-state index contributed by atoms with van der Waals surface area (Å²) < 4.78 is 11.5. The lowest BCUT2D eigenvalue weighted by molar-refractivity contribution is -0.134. The molecule has 0 radical (unpaired) electrons. The van der Waals surface area contributed by atoms with Crippen LogP contribution in [-0.4, -0.2) is 48.2 Å². The molecule has 6 atom stereocenters. The largest absolute Gasteiger partial charge is 0.339 e. The smallest absolute Gasteiger partial charge is 0.200 e. The first-order valence-electron chi connectivity index (χ1n) is 5.64. The van der Waals surface area contributed by atoms with Gasteiger partial charge in [0, 0.05) is 31.1 Å². The van der Waals surface area contributed by atoms with Gasteiger partial charge in [-0.05, 0) is 12.8 Å². The van der Waals surface area contributed by atoms with Crippen LogP contribution in [0.2, 0.25) is 0 Å². The molecule has 2 spiro atoms. The van der Waals surface area contributed by atoms with E-state index in [0.717, 1.165) is 19.0 Å². The molecule has 5 aliphatic rings. The molecule has 0 bridgehead atoms. The zero-order valence-electron chi connectivity index (χ0n) is 8.03. The van der Waals surface area contributed by atoms with E-state index in [2.05, 4.69) is 10.2 Å². The molecule has 4 aliphatic heterocycles. The summed E-state index contributed by atoms with van der Waals surface area (Å²) in [4.78, 5) is 2.60. The van der Waals surface area contributed by atoms with E-state index in [9.17, 15) is 0 Å². The minimum absolute atomic E-state index is 0.0695. The highest BCUT2D eigenvalue weighted by Crippen LogP contribution is 2.65. The van der Waals surface area contributed by atoms with E-state index in [1.165, 1.54) is 19.4 Å². The van der Waals surface area contributed by atoms with Crippen LogP contribution in [0.25, 0.3) is 0 Å². The van der Waals surface area contributed by atoms with Gasteiger partial charge in [0.25, 0.3) is 0 Å². The molecule has 6 unspecified atom stereocenters.